The molecule has 0 spiro atoms. The van der Waals surface area contributed by atoms with Gasteiger partial charge >= 0.3 is 0 Å². The van der Waals surface area contributed by atoms with Crippen LogP contribution < -0.4 is 20.9 Å². The van der Waals surface area contributed by atoms with Crippen LogP contribution in [0.3, 0.4) is 0 Å². The molecule has 2 aromatic heterocycles. The fourth-order valence-electron chi connectivity index (χ4n) is 7.36. The monoisotopic (exact) mass is 918 g/mol. The topological polar surface area (TPSA) is 252 Å². The summed E-state index contributed by atoms with van der Waals surface area (Å²) in [4.78, 5) is 59.9. The van der Waals surface area contributed by atoms with Crippen molar-refractivity contribution in [1.29, 1.82) is 0 Å². The van der Waals surface area contributed by atoms with Crippen LogP contribution in [0.5, 0.6) is 11.5 Å². The van der Waals surface area contributed by atoms with Crippen LogP contribution in [0.25, 0.3) is 22.5 Å². The second-order valence-electron chi connectivity index (χ2n) is 16.7. The number of fused-ring (bicyclic) bond motifs is 6. The molecule has 4 aliphatic heterocycles. The van der Waals surface area contributed by atoms with Gasteiger partial charge in [0.15, 0.2) is 10.0 Å². The molecule has 4 atom stereocenters. The Morgan fingerprint density at radius 1 is 0.703 bits per heavy atom. The van der Waals surface area contributed by atoms with Gasteiger partial charge in [-0.1, -0.05) is 51.4 Å². The number of likely N-dealkylation sites (N-methyl/N-ethyl adjacent to an activating group) is 2. The first-order chi connectivity index (χ1) is 29.9. The molecule has 64 heavy (non-hydrogen) atoms. The molecule has 2 fully saturated rings. The highest BCUT2D eigenvalue weighted by molar-refractivity contribution is 7.14. The first-order valence-corrected chi connectivity index (χ1v) is 21.6. The zero-order valence-corrected chi connectivity index (χ0v) is 37.1. The Kier molecular flexibility index (Phi) is 11.9. The zero-order chi connectivity index (χ0) is 46.8. The van der Waals surface area contributed by atoms with E-state index in [2.05, 4.69) is 33.6 Å². The maximum Gasteiger partial charge on any atom is 0.277 e. The number of likely N-dealkylation sites (tertiary alicyclic amines) is 2. The maximum absolute atomic E-state index is 14.8. The Hall–Kier alpha value is -6.00. The predicted octanol–water partition coefficient (Wildman–Crippen LogP) is 2.46. The second kappa shape index (κ2) is 16.5. The number of amides is 4. The number of hydrogen-bond acceptors (Lipinski definition) is 14. The molecule has 0 unspecified atom stereocenters. The standard InChI is InChI=1S/2C22H22FN3O5S/c2*1-11(2)22(30)10-31-15-9-14(23)12(4-5-21(29)6-7-26(3)20(21)28)8-13(15)16-17(22)32-19(25-16)18(24)27/h2*8-9,11,29-30H,6-7,10H2,1-3H3,(H2,24,27)/t21-,22+;21-,22-/m00/s1. The van der Waals surface area contributed by atoms with Crippen molar-refractivity contribution in [1.82, 2.24) is 19.8 Å². The fourth-order valence-corrected chi connectivity index (χ4v) is 9.67. The average Bonchev–Trinajstić information content (AvgIpc) is 3.99. The molecule has 16 nitrogen and oxygen atoms in total. The Labute approximate surface area is 373 Å². The lowest BCUT2D eigenvalue weighted by molar-refractivity contribution is -0.138. The number of carbonyl (C=O) groups is 4. The molecule has 8 rings (SSSR count). The van der Waals surface area contributed by atoms with Crippen LogP contribution in [-0.2, 0) is 20.8 Å². The van der Waals surface area contributed by atoms with Crippen molar-refractivity contribution >= 4 is 46.3 Å². The van der Waals surface area contributed by atoms with E-state index in [9.17, 15) is 48.4 Å². The number of nitrogens with two attached hydrogens (primary N) is 2. The molecular weight excluding hydrogens is 875 g/mol. The van der Waals surface area contributed by atoms with Gasteiger partial charge in [-0.05, 0) is 24.0 Å². The van der Waals surface area contributed by atoms with Gasteiger partial charge in [0.2, 0.25) is 11.2 Å². The zero-order valence-electron chi connectivity index (χ0n) is 35.5. The van der Waals surface area contributed by atoms with Gasteiger partial charge in [-0.2, -0.15) is 0 Å². The van der Waals surface area contributed by atoms with Crippen molar-refractivity contribution in [2.45, 2.75) is 62.9 Å². The Morgan fingerprint density at radius 2 is 1.06 bits per heavy atom. The molecule has 4 amide bonds. The lowest BCUT2D eigenvalue weighted by atomic mass is 9.88. The molecule has 336 valence electrons. The molecule has 20 heteroatoms. The number of aromatic nitrogens is 2. The van der Waals surface area contributed by atoms with Crippen LogP contribution in [0.1, 0.15) is 81.0 Å². The summed E-state index contributed by atoms with van der Waals surface area (Å²) >= 11 is 1.93. The van der Waals surface area contributed by atoms with Gasteiger partial charge in [-0.15, -0.1) is 22.7 Å². The minimum absolute atomic E-state index is 0.00721. The number of halogens is 2. The molecule has 2 saturated heterocycles. The fraction of sp³-hybridized carbons (Fsp3) is 0.409. The summed E-state index contributed by atoms with van der Waals surface area (Å²) in [5.41, 5.74) is 5.10. The molecule has 6 heterocycles. The lowest BCUT2D eigenvalue weighted by Crippen LogP contribution is -2.37. The third kappa shape index (κ3) is 7.95. The van der Waals surface area contributed by atoms with E-state index in [1.54, 1.807) is 41.8 Å². The summed E-state index contributed by atoms with van der Waals surface area (Å²) in [5.74, 6) is 5.74. The van der Waals surface area contributed by atoms with Gasteiger partial charge in [0.1, 0.15) is 47.5 Å². The van der Waals surface area contributed by atoms with Gasteiger partial charge in [-0.3, -0.25) is 19.2 Å². The molecule has 4 aliphatic rings. The van der Waals surface area contributed by atoms with Crippen molar-refractivity contribution < 1.29 is 57.9 Å². The third-order valence-electron chi connectivity index (χ3n) is 11.7. The number of aliphatic hydroxyl groups is 4. The first-order valence-electron chi connectivity index (χ1n) is 19.9. The summed E-state index contributed by atoms with van der Waals surface area (Å²) in [7, 11) is 3.11. The largest absolute Gasteiger partial charge is 0.489 e. The molecule has 0 aliphatic carbocycles. The molecule has 8 N–H and O–H groups in total. The predicted molar refractivity (Wildman–Crippen MR) is 229 cm³/mol. The molecule has 2 aromatic carbocycles. The van der Waals surface area contributed by atoms with Crippen LogP contribution in [-0.4, -0.2) is 115 Å². The quantitative estimate of drug-likeness (QED) is 0.162. The van der Waals surface area contributed by atoms with Crippen molar-refractivity contribution in [2.24, 2.45) is 23.3 Å². The highest BCUT2D eigenvalue weighted by Crippen LogP contribution is 2.48. The molecule has 0 bridgehead atoms. The van der Waals surface area contributed by atoms with Gasteiger partial charge in [-0.25, -0.2) is 18.7 Å². The van der Waals surface area contributed by atoms with Crippen molar-refractivity contribution in [3.8, 4) is 57.7 Å². The van der Waals surface area contributed by atoms with E-state index in [4.69, 9.17) is 20.9 Å². The maximum atomic E-state index is 14.8. The van der Waals surface area contributed by atoms with Crippen LogP contribution in [0.15, 0.2) is 24.3 Å². The highest BCUT2D eigenvalue weighted by atomic mass is 32.1. The van der Waals surface area contributed by atoms with Crippen LogP contribution in [0, 0.1) is 47.2 Å². The van der Waals surface area contributed by atoms with Gasteiger partial charge in [0.05, 0.1) is 32.3 Å². The molecule has 0 radical (unpaired) electrons. The molecule has 4 aromatic rings. The van der Waals surface area contributed by atoms with E-state index in [1.165, 1.54) is 21.9 Å². The van der Waals surface area contributed by atoms with Crippen LogP contribution in [0.2, 0.25) is 0 Å². The number of carbonyl (C=O) groups excluding carboxylic acids is 4. The highest BCUT2D eigenvalue weighted by Gasteiger charge is 2.46. The van der Waals surface area contributed by atoms with Crippen molar-refractivity contribution in [3.05, 3.63) is 66.8 Å². The molecular formula is C44H44F2N6O10S2. The number of benzene rings is 2. The number of ether oxygens (including phenoxy) is 2. The van der Waals surface area contributed by atoms with E-state index >= 15 is 0 Å². The Morgan fingerprint density at radius 3 is 1.36 bits per heavy atom. The number of primary amides is 2. The van der Waals surface area contributed by atoms with Crippen molar-refractivity contribution in [3.63, 3.8) is 0 Å². The summed E-state index contributed by atoms with van der Waals surface area (Å²) in [6, 6.07) is 4.98. The van der Waals surface area contributed by atoms with E-state index in [1.807, 2.05) is 0 Å². The van der Waals surface area contributed by atoms with E-state index in [0.717, 1.165) is 34.8 Å². The molecule has 0 saturated carbocycles. The average molecular weight is 919 g/mol. The van der Waals surface area contributed by atoms with Crippen molar-refractivity contribution in [2.75, 3.05) is 40.4 Å². The summed E-state index contributed by atoms with van der Waals surface area (Å²) in [5, 5.41) is 43.7. The van der Waals surface area contributed by atoms with Gasteiger partial charge in [0.25, 0.3) is 23.6 Å². The minimum atomic E-state index is -1.88. The third-order valence-corrected chi connectivity index (χ3v) is 14.2. The van der Waals surface area contributed by atoms with E-state index < -0.39 is 57.7 Å². The van der Waals surface area contributed by atoms with Crippen LogP contribution >= 0.6 is 22.7 Å². The van der Waals surface area contributed by atoms with E-state index in [-0.39, 0.29) is 81.9 Å². The lowest BCUT2D eigenvalue weighted by Gasteiger charge is -2.29. The SMILES string of the molecule is CC(C)[C@@]1(O)COc2cc(F)c(C#C[C@]3(O)CCN(C)C3=O)cc2-c2nc(C(N)=O)sc21.CC(C)[C@]1(O)COc2cc(F)c(C#C[C@]3(O)CCN(C)C3=O)cc2-c2nc(C(N)=O)sc21. The second-order valence-corrected chi connectivity index (χ2v) is 18.7. The Bertz CT molecular complexity index is 2590. The number of nitrogens with zero attached hydrogens (tertiary/aromatic N) is 4. The minimum Gasteiger partial charge on any atom is -0.489 e. The van der Waals surface area contributed by atoms with Gasteiger partial charge < -0.3 is 51.2 Å². The van der Waals surface area contributed by atoms with Gasteiger partial charge in [0, 0.05) is 63.3 Å². The summed E-state index contributed by atoms with van der Waals surface area (Å²) in [6.07, 6.45) is 0.231. The number of rotatable bonds is 4. The first kappa shape index (κ1) is 46.0. The van der Waals surface area contributed by atoms with E-state index in [0.29, 0.717) is 34.0 Å². The normalized spacial score (nSPS) is 24.3. The summed E-state index contributed by atoms with van der Waals surface area (Å²) < 4.78 is 41.1. The van der Waals surface area contributed by atoms with Crippen LogP contribution in [0.4, 0.5) is 8.78 Å². The number of hydrogen-bond donors (Lipinski definition) is 6. The smallest absolute Gasteiger partial charge is 0.277 e. The Balaban J connectivity index is 0.000000191. The number of thiazole rings is 2. The summed E-state index contributed by atoms with van der Waals surface area (Å²) in [6.45, 7) is 7.52.